The molecule has 2 aromatic heterocycles. The van der Waals surface area contributed by atoms with Gasteiger partial charge in [0.15, 0.2) is 11.5 Å². The minimum absolute atomic E-state index is 0.234. The van der Waals surface area contributed by atoms with E-state index in [-0.39, 0.29) is 5.91 Å². The van der Waals surface area contributed by atoms with Crippen LogP contribution in [0, 0.1) is 0 Å². The first kappa shape index (κ1) is 18.4. The van der Waals surface area contributed by atoms with E-state index in [0.717, 1.165) is 21.8 Å². The standard InChI is InChI=1S/C22H18N4O3S/c27-21(23-11-15-5-4-8-19-20(15)29-10-9-28-19)18-14-30-22(25-18)16-12-24-26(13-16)17-6-2-1-3-7-17/h1-8,12-14H,9-11H2,(H,23,27). The second kappa shape index (κ2) is 8.00. The molecule has 0 aliphatic carbocycles. The maximum atomic E-state index is 12.6. The summed E-state index contributed by atoms with van der Waals surface area (Å²) in [4.78, 5) is 17.1. The average Bonchev–Trinajstić information content (AvgIpc) is 3.48. The van der Waals surface area contributed by atoms with Crippen LogP contribution in [-0.4, -0.2) is 33.9 Å². The predicted octanol–water partition coefficient (Wildman–Crippen LogP) is 3.70. The van der Waals surface area contributed by atoms with Gasteiger partial charge in [-0.25, -0.2) is 9.67 Å². The van der Waals surface area contributed by atoms with Crippen LogP contribution in [0.5, 0.6) is 11.5 Å². The molecule has 0 spiro atoms. The van der Waals surface area contributed by atoms with Crippen molar-refractivity contribution < 1.29 is 14.3 Å². The Morgan fingerprint density at radius 2 is 1.97 bits per heavy atom. The average molecular weight is 418 g/mol. The van der Waals surface area contributed by atoms with Gasteiger partial charge < -0.3 is 14.8 Å². The maximum absolute atomic E-state index is 12.6. The Morgan fingerprint density at radius 1 is 1.10 bits per heavy atom. The molecule has 30 heavy (non-hydrogen) atoms. The van der Waals surface area contributed by atoms with Crippen molar-refractivity contribution in [3.8, 4) is 27.8 Å². The van der Waals surface area contributed by atoms with E-state index in [2.05, 4.69) is 15.4 Å². The van der Waals surface area contributed by atoms with E-state index in [4.69, 9.17) is 9.47 Å². The summed E-state index contributed by atoms with van der Waals surface area (Å²) in [7, 11) is 0. The fourth-order valence-electron chi connectivity index (χ4n) is 3.21. The summed E-state index contributed by atoms with van der Waals surface area (Å²) in [6.45, 7) is 1.37. The van der Waals surface area contributed by atoms with Gasteiger partial charge in [0.1, 0.15) is 23.9 Å². The molecule has 0 saturated carbocycles. The van der Waals surface area contributed by atoms with Gasteiger partial charge >= 0.3 is 0 Å². The second-order valence-corrected chi connectivity index (χ2v) is 7.53. The predicted molar refractivity (Wildman–Crippen MR) is 113 cm³/mol. The summed E-state index contributed by atoms with van der Waals surface area (Å²) in [5, 5.41) is 9.80. The fraction of sp³-hybridized carbons (Fsp3) is 0.136. The first-order chi connectivity index (χ1) is 14.8. The second-order valence-electron chi connectivity index (χ2n) is 6.67. The molecule has 1 N–H and O–H groups in total. The van der Waals surface area contributed by atoms with Crippen molar-refractivity contribution >= 4 is 17.2 Å². The molecule has 1 aliphatic rings. The van der Waals surface area contributed by atoms with E-state index in [1.807, 2.05) is 54.7 Å². The van der Waals surface area contributed by atoms with E-state index < -0.39 is 0 Å². The van der Waals surface area contributed by atoms with E-state index in [1.165, 1.54) is 11.3 Å². The molecular weight excluding hydrogens is 400 g/mol. The first-order valence-corrected chi connectivity index (χ1v) is 10.4. The van der Waals surface area contributed by atoms with Gasteiger partial charge in [0.25, 0.3) is 5.91 Å². The van der Waals surface area contributed by atoms with Crippen molar-refractivity contribution in [2.75, 3.05) is 13.2 Å². The first-order valence-electron chi connectivity index (χ1n) is 9.49. The summed E-state index contributed by atoms with van der Waals surface area (Å²) in [5.41, 5.74) is 3.09. The Bertz CT molecular complexity index is 1190. The lowest BCUT2D eigenvalue weighted by Gasteiger charge is -2.21. The highest BCUT2D eigenvalue weighted by atomic mass is 32.1. The molecule has 4 aromatic rings. The van der Waals surface area contributed by atoms with E-state index in [1.54, 1.807) is 16.3 Å². The summed E-state index contributed by atoms with van der Waals surface area (Å²) < 4.78 is 13.1. The number of benzene rings is 2. The minimum atomic E-state index is -0.234. The number of nitrogens with one attached hydrogen (secondary N) is 1. The number of carbonyl (C=O) groups is 1. The summed E-state index contributed by atoms with van der Waals surface area (Å²) >= 11 is 1.41. The highest BCUT2D eigenvalue weighted by Gasteiger charge is 2.17. The Kier molecular flexibility index (Phi) is 4.90. The molecule has 0 saturated heterocycles. The van der Waals surface area contributed by atoms with Crippen LogP contribution >= 0.6 is 11.3 Å². The highest BCUT2D eigenvalue weighted by Crippen LogP contribution is 2.33. The number of rotatable bonds is 5. The summed E-state index contributed by atoms with van der Waals surface area (Å²) in [5.74, 6) is 1.16. The molecule has 5 rings (SSSR count). The van der Waals surface area contributed by atoms with Gasteiger partial charge in [0.2, 0.25) is 0 Å². The number of aromatic nitrogens is 3. The Hall–Kier alpha value is -3.65. The van der Waals surface area contributed by atoms with Crippen molar-refractivity contribution in [3.63, 3.8) is 0 Å². The fourth-order valence-corrected chi connectivity index (χ4v) is 3.98. The minimum Gasteiger partial charge on any atom is -0.486 e. The van der Waals surface area contributed by atoms with Gasteiger partial charge in [-0.2, -0.15) is 5.10 Å². The van der Waals surface area contributed by atoms with Gasteiger partial charge in [0.05, 0.1) is 11.9 Å². The van der Waals surface area contributed by atoms with Gasteiger partial charge in [-0.05, 0) is 18.2 Å². The van der Waals surface area contributed by atoms with Gasteiger partial charge in [-0.15, -0.1) is 11.3 Å². The van der Waals surface area contributed by atoms with Crippen LogP contribution < -0.4 is 14.8 Å². The Labute approximate surface area is 176 Å². The largest absolute Gasteiger partial charge is 0.486 e. The lowest BCUT2D eigenvalue weighted by molar-refractivity contribution is 0.0945. The van der Waals surface area contributed by atoms with Gasteiger partial charge in [-0.1, -0.05) is 30.3 Å². The number of carbonyl (C=O) groups excluding carboxylic acids is 1. The Morgan fingerprint density at radius 3 is 2.87 bits per heavy atom. The molecule has 7 nitrogen and oxygen atoms in total. The zero-order chi connectivity index (χ0) is 20.3. The third-order valence-corrected chi connectivity index (χ3v) is 5.57. The van der Waals surface area contributed by atoms with E-state index in [0.29, 0.717) is 37.0 Å². The van der Waals surface area contributed by atoms with Crippen LogP contribution in [0.4, 0.5) is 0 Å². The summed E-state index contributed by atoms with van der Waals surface area (Å²) in [6, 6.07) is 15.5. The number of hydrogen-bond donors (Lipinski definition) is 1. The third-order valence-electron chi connectivity index (χ3n) is 4.67. The van der Waals surface area contributed by atoms with Crippen LogP contribution in [0.1, 0.15) is 16.1 Å². The van der Waals surface area contributed by atoms with Crippen molar-refractivity contribution in [1.82, 2.24) is 20.1 Å². The number of para-hydroxylation sites is 2. The molecule has 0 radical (unpaired) electrons. The molecule has 150 valence electrons. The summed E-state index contributed by atoms with van der Waals surface area (Å²) in [6.07, 6.45) is 3.66. The number of fused-ring (bicyclic) bond motifs is 1. The van der Waals surface area contributed by atoms with Crippen molar-refractivity contribution in [2.24, 2.45) is 0 Å². The van der Waals surface area contributed by atoms with Crippen LogP contribution in [0.25, 0.3) is 16.3 Å². The number of amides is 1. The van der Waals surface area contributed by atoms with Crippen molar-refractivity contribution in [3.05, 3.63) is 77.6 Å². The highest BCUT2D eigenvalue weighted by molar-refractivity contribution is 7.13. The SMILES string of the molecule is O=C(NCc1cccc2c1OCCO2)c1csc(-c2cnn(-c3ccccc3)c2)n1. The quantitative estimate of drug-likeness (QED) is 0.535. The van der Waals surface area contributed by atoms with Crippen molar-refractivity contribution in [2.45, 2.75) is 6.54 Å². The maximum Gasteiger partial charge on any atom is 0.271 e. The van der Waals surface area contributed by atoms with Crippen LogP contribution in [-0.2, 0) is 6.54 Å². The molecule has 0 unspecified atom stereocenters. The van der Waals surface area contributed by atoms with E-state index in [9.17, 15) is 4.79 Å². The van der Waals surface area contributed by atoms with Crippen LogP contribution in [0.3, 0.4) is 0 Å². The van der Waals surface area contributed by atoms with Gasteiger partial charge in [0, 0.05) is 29.2 Å². The molecule has 0 atom stereocenters. The molecule has 3 heterocycles. The molecule has 8 heteroatoms. The van der Waals surface area contributed by atoms with Crippen LogP contribution in [0.15, 0.2) is 66.3 Å². The van der Waals surface area contributed by atoms with E-state index >= 15 is 0 Å². The monoisotopic (exact) mass is 418 g/mol. The molecule has 1 amide bonds. The van der Waals surface area contributed by atoms with Crippen molar-refractivity contribution in [1.29, 1.82) is 0 Å². The lowest BCUT2D eigenvalue weighted by atomic mass is 10.1. The smallest absolute Gasteiger partial charge is 0.271 e. The molecule has 1 aliphatic heterocycles. The third kappa shape index (κ3) is 3.65. The Balaban J connectivity index is 1.28. The van der Waals surface area contributed by atoms with Crippen LogP contribution in [0.2, 0.25) is 0 Å². The number of thiazole rings is 1. The number of ether oxygens (including phenoxy) is 2. The zero-order valence-electron chi connectivity index (χ0n) is 15.9. The molecular formula is C22H18N4O3S. The van der Waals surface area contributed by atoms with Gasteiger partial charge in [-0.3, -0.25) is 4.79 Å². The lowest BCUT2D eigenvalue weighted by Crippen LogP contribution is -2.24. The topological polar surface area (TPSA) is 78.3 Å². The zero-order valence-corrected chi connectivity index (χ0v) is 16.8. The molecule has 0 bridgehead atoms. The molecule has 2 aromatic carbocycles. The molecule has 0 fully saturated rings. The number of hydrogen-bond acceptors (Lipinski definition) is 6. The normalized spacial score (nSPS) is 12.5. The number of nitrogens with zero attached hydrogens (tertiary/aromatic N) is 3.